The fraction of sp³-hybridized carbons (Fsp3) is 0. The van der Waals surface area contributed by atoms with Crippen LogP contribution in [0.1, 0.15) is 0 Å². The molecule has 1 aromatic carbocycles. The third-order valence-electron chi connectivity index (χ3n) is 2.33. The van der Waals surface area contributed by atoms with Crippen LogP contribution in [-0.2, 0) is 0 Å². The van der Waals surface area contributed by atoms with Crippen molar-refractivity contribution in [1.82, 2.24) is 9.97 Å². The van der Waals surface area contributed by atoms with Crippen LogP contribution in [0.15, 0.2) is 46.5 Å². The smallest absolute Gasteiger partial charge is 0.151 e. The third kappa shape index (κ3) is 2.63. The van der Waals surface area contributed by atoms with E-state index >= 15 is 0 Å². The van der Waals surface area contributed by atoms with Gasteiger partial charge in [-0.3, -0.25) is 0 Å². The van der Waals surface area contributed by atoms with E-state index in [1.165, 1.54) is 0 Å². The number of anilines is 2. The van der Waals surface area contributed by atoms with Gasteiger partial charge >= 0.3 is 0 Å². The highest BCUT2D eigenvalue weighted by Gasteiger charge is 2.04. The largest absolute Gasteiger partial charge is 0.339 e. The van der Waals surface area contributed by atoms with Crippen molar-refractivity contribution >= 4 is 61.4 Å². The molecule has 0 amide bonds. The van der Waals surface area contributed by atoms with E-state index in [-0.39, 0.29) is 12.4 Å². The van der Waals surface area contributed by atoms with Gasteiger partial charge in [0, 0.05) is 10.2 Å². The van der Waals surface area contributed by atoms with Crippen LogP contribution < -0.4 is 5.32 Å². The minimum absolute atomic E-state index is 0. The number of nitrogens with one attached hydrogen (secondary N) is 1. The van der Waals surface area contributed by atoms with Gasteiger partial charge in [0.2, 0.25) is 0 Å². The van der Waals surface area contributed by atoms with E-state index in [0.29, 0.717) is 0 Å². The Morgan fingerprint density at radius 3 is 2.89 bits per heavy atom. The van der Waals surface area contributed by atoms with Crippen LogP contribution in [-0.4, -0.2) is 9.97 Å². The summed E-state index contributed by atoms with van der Waals surface area (Å²) in [6.07, 6.45) is 1.58. The first-order valence-electron chi connectivity index (χ1n) is 5.04. The van der Waals surface area contributed by atoms with Crippen molar-refractivity contribution in [1.29, 1.82) is 0 Å². The van der Waals surface area contributed by atoms with Gasteiger partial charge in [-0.15, -0.1) is 23.7 Å². The first-order valence-corrected chi connectivity index (χ1v) is 6.71. The van der Waals surface area contributed by atoms with E-state index in [2.05, 4.69) is 31.2 Å². The zero-order valence-electron chi connectivity index (χ0n) is 9.13. The summed E-state index contributed by atoms with van der Waals surface area (Å²) in [5, 5.41) is 5.32. The Hall–Kier alpha value is -1.17. The lowest BCUT2D eigenvalue weighted by molar-refractivity contribution is 1.23. The van der Waals surface area contributed by atoms with Crippen molar-refractivity contribution in [3.63, 3.8) is 0 Å². The molecule has 0 spiro atoms. The molecule has 3 rings (SSSR count). The second kappa shape index (κ2) is 5.65. The molecule has 2 heterocycles. The fourth-order valence-corrected chi connectivity index (χ4v) is 2.77. The molecule has 0 atom stereocenters. The second-order valence-corrected chi connectivity index (χ2v) is 5.32. The summed E-state index contributed by atoms with van der Waals surface area (Å²) in [5.41, 5.74) is 1.98. The zero-order chi connectivity index (χ0) is 11.7. The molecule has 1 N–H and O–H groups in total. The van der Waals surface area contributed by atoms with Gasteiger partial charge in [0.25, 0.3) is 0 Å². The van der Waals surface area contributed by atoms with E-state index in [1.54, 1.807) is 17.7 Å². The number of nitrogens with zero attached hydrogens (tertiary/aromatic N) is 2. The van der Waals surface area contributed by atoms with Crippen molar-refractivity contribution in [2.75, 3.05) is 5.32 Å². The Morgan fingerprint density at radius 2 is 2.06 bits per heavy atom. The van der Waals surface area contributed by atoms with Crippen molar-refractivity contribution in [2.24, 2.45) is 0 Å². The van der Waals surface area contributed by atoms with Gasteiger partial charge in [0.1, 0.15) is 6.33 Å². The average Bonchev–Trinajstić information content (AvgIpc) is 2.78. The molecule has 2 aromatic heterocycles. The standard InChI is InChI=1S/C12H8BrN3S.ClH/c13-8-2-1-3-9(6-8)16-12-11-10(4-5-17-11)14-7-15-12;/h1-7H,(H,14,15,16);1H. The second-order valence-electron chi connectivity index (χ2n) is 3.49. The zero-order valence-corrected chi connectivity index (χ0v) is 12.3. The molecule has 18 heavy (non-hydrogen) atoms. The van der Waals surface area contributed by atoms with Crippen molar-refractivity contribution in [2.45, 2.75) is 0 Å². The topological polar surface area (TPSA) is 37.8 Å². The van der Waals surface area contributed by atoms with Gasteiger partial charge in [-0.05, 0) is 29.6 Å². The van der Waals surface area contributed by atoms with E-state index in [9.17, 15) is 0 Å². The number of fused-ring (bicyclic) bond motifs is 1. The first kappa shape index (κ1) is 13.3. The van der Waals surface area contributed by atoms with Crippen LogP contribution in [0.4, 0.5) is 11.5 Å². The Labute approximate surface area is 123 Å². The molecule has 92 valence electrons. The molecule has 0 fully saturated rings. The van der Waals surface area contributed by atoms with Crippen LogP contribution in [0.5, 0.6) is 0 Å². The maximum atomic E-state index is 4.28. The Morgan fingerprint density at radius 1 is 1.17 bits per heavy atom. The van der Waals surface area contributed by atoms with E-state index in [1.807, 2.05) is 35.7 Å². The Kier molecular flexibility index (Phi) is 4.16. The summed E-state index contributed by atoms with van der Waals surface area (Å²) in [7, 11) is 0. The molecule has 0 aliphatic carbocycles. The summed E-state index contributed by atoms with van der Waals surface area (Å²) in [6.45, 7) is 0. The molecule has 0 saturated carbocycles. The SMILES string of the molecule is Brc1cccc(Nc2ncnc3ccsc23)c1.Cl. The predicted octanol–water partition coefficient (Wildman–Crippen LogP) is 4.62. The van der Waals surface area contributed by atoms with Gasteiger partial charge in [-0.1, -0.05) is 22.0 Å². The number of hydrogen-bond acceptors (Lipinski definition) is 4. The van der Waals surface area contributed by atoms with Crippen molar-refractivity contribution in [3.8, 4) is 0 Å². The van der Waals surface area contributed by atoms with E-state index in [4.69, 9.17) is 0 Å². The number of rotatable bonds is 2. The molecule has 0 bridgehead atoms. The molecule has 0 unspecified atom stereocenters. The summed E-state index contributed by atoms with van der Waals surface area (Å²) < 4.78 is 2.12. The van der Waals surface area contributed by atoms with Crippen LogP contribution in [0, 0.1) is 0 Å². The highest BCUT2D eigenvalue weighted by atomic mass is 79.9. The van der Waals surface area contributed by atoms with Gasteiger partial charge in [-0.2, -0.15) is 0 Å². The normalized spacial score (nSPS) is 10.1. The van der Waals surface area contributed by atoms with E-state index < -0.39 is 0 Å². The molecule has 3 nitrogen and oxygen atoms in total. The van der Waals surface area contributed by atoms with Crippen LogP contribution in [0.3, 0.4) is 0 Å². The number of thiophene rings is 1. The van der Waals surface area contributed by atoms with Gasteiger partial charge in [-0.25, -0.2) is 9.97 Å². The van der Waals surface area contributed by atoms with Crippen LogP contribution >= 0.6 is 39.7 Å². The minimum Gasteiger partial charge on any atom is -0.339 e. The third-order valence-corrected chi connectivity index (χ3v) is 3.73. The lowest BCUT2D eigenvalue weighted by Crippen LogP contribution is -1.93. The summed E-state index contributed by atoms with van der Waals surface area (Å²) in [4.78, 5) is 8.49. The lowest BCUT2D eigenvalue weighted by Gasteiger charge is -2.06. The maximum absolute atomic E-state index is 4.28. The maximum Gasteiger partial charge on any atom is 0.151 e. The highest BCUT2D eigenvalue weighted by Crippen LogP contribution is 2.28. The molecule has 0 aliphatic rings. The monoisotopic (exact) mass is 341 g/mol. The molecule has 6 heteroatoms. The van der Waals surface area contributed by atoms with Crippen molar-refractivity contribution < 1.29 is 0 Å². The van der Waals surface area contributed by atoms with Gasteiger partial charge in [0.15, 0.2) is 5.82 Å². The van der Waals surface area contributed by atoms with E-state index in [0.717, 1.165) is 26.2 Å². The van der Waals surface area contributed by atoms with Crippen LogP contribution in [0.25, 0.3) is 10.2 Å². The minimum atomic E-state index is 0. The predicted molar refractivity (Wildman–Crippen MR) is 82.1 cm³/mol. The molecule has 0 radical (unpaired) electrons. The molecular formula is C12H9BrClN3S. The Bertz CT molecular complexity index is 671. The van der Waals surface area contributed by atoms with Gasteiger partial charge < -0.3 is 5.32 Å². The van der Waals surface area contributed by atoms with Gasteiger partial charge in [0.05, 0.1) is 10.2 Å². The number of aromatic nitrogens is 2. The average molecular weight is 343 g/mol. The van der Waals surface area contributed by atoms with Crippen molar-refractivity contribution in [3.05, 3.63) is 46.5 Å². The molecule has 0 aliphatic heterocycles. The highest BCUT2D eigenvalue weighted by molar-refractivity contribution is 9.10. The van der Waals surface area contributed by atoms with Crippen LogP contribution in [0.2, 0.25) is 0 Å². The molecular weight excluding hydrogens is 334 g/mol. The molecule has 3 aromatic rings. The molecule has 0 saturated heterocycles. The number of hydrogen-bond donors (Lipinski definition) is 1. The number of benzene rings is 1. The Balaban J connectivity index is 0.00000120. The lowest BCUT2D eigenvalue weighted by atomic mass is 10.3. The summed E-state index contributed by atoms with van der Waals surface area (Å²) in [6, 6.07) is 9.99. The number of halogens is 2. The fourth-order valence-electron chi connectivity index (χ4n) is 1.58. The summed E-state index contributed by atoms with van der Waals surface area (Å²) >= 11 is 5.09. The summed E-state index contributed by atoms with van der Waals surface area (Å²) in [5.74, 6) is 0.850. The quantitative estimate of drug-likeness (QED) is 0.738. The first-order chi connectivity index (χ1) is 8.33.